The van der Waals surface area contributed by atoms with Crippen LogP contribution < -0.4 is 9.80 Å². The van der Waals surface area contributed by atoms with Crippen LogP contribution in [0.15, 0.2) is 60.7 Å². The van der Waals surface area contributed by atoms with Crippen LogP contribution in [-0.2, 0) is 9.59 Å². The fraction of sp³-hybridized carbons (Fsp3) is 0.250. The molecule has 2 aromatic carbocycles. The highest BCUT2D eigenvalue weighted by molar-refractivity contribution is 6.16. The van der Waals surface area contributed by atoms with Crippen LogP contribution in [0.25, 0.3) is 0 Å². The maximum atomic E-state index is 12.8. The van der Waals surface area contributed by atoms with E-state index in [1.54, 1.807) is 24.0 Å². The molecule has 2 aromatic rings. The first-order valence-electron chi connectivity index (χ1n) is 8.59. The third kappa shape index (κ3) is 3.18. The Hall–Kier alpha value is -3.15. The first kappa shape index (κ1) is 17.7. The number of imide groups is 1. The summed E-state index contributed by atoms with van der Waals surface area (Å²) in [6, 6.07) is 17.1. The number of amides is 4. The predicted molar refractivity (Wildman–Crippen MR) is 100.0 cm³/mol. The van der Waals surface area contributed by atoms with Crippen LogP contribution >= 0.6 is 0 Å². The Bertz CT molecular complexity index is 808. The second-order valence-electron chi connectivity index (χ2n) is 6.06. The lowest BCUT2D eigenvalue weighted by Crippen LogP contribution is -2.43. The van der Waals surface area contributed by atoms with E-state index in [0.29, 0.717) is 12.2 Å². The molecule has 6 heteroatoms. The van der Waals surface area contributed by atoms with Gasteiger partial charge >= 0.3 is 6.03 Å². The number of likely N-dealkylation sites (N-methyl/N-ethyl adjacent to an activating group) is 1. The van der Waals surface area contributed by atoms with Crippen molar-refractivity contribution < 1.29 is 14.4 Å². The topological polar surface area (TPSA) is 60.9 Å². The highest BCUT2D eigenvalue weighted by Crippen LogP contribution is 2.25. The van der Waals surface area contributed by atoms with Crippen LogP contribution in [-0.4, -0.2) is 41.9 Å². The van der Waals surface area contributed by atoms with Crippen molar-refractivity contribution in [3.05, 3.63) is 60.7 Å². The summed E-state index contributed by atoms with van der Waals surface area (Å²) >= 11 is 0. The monoisotopic (exact) mass is 351 g/mol. The second kappa shape index (κ2) is 7.39. The number of nitrogens with zero attached hydrogens (tertiary/aromatic N) is 3. The molecule has 134 valence electrons. The molecule has 0 radical (unpaired) electrons. The molecule has 1 atom stereocenters. The van der Waals surface area contributed by atoms with E-state index in [0.717, 1.165) is 10.6 Å². The van der Waals surface area contributed by atoms with Gasteiger partial charge in [0, 0.05) is 17.9 Å². The maximum absolute atomic E-state index is 12.8. The van der Waals surface area contributed by atoms with Gasteiger partial charge in [-0.3, -0.25) is 19.4 Å². The molecule has 3 rings (SSSR count). The molecule has 0 spiro atoms. The summed E-state index contributed by atoms with van der Waals surface area (Å²) in [6.07, 6.45) is 0. The number of para-hydroxylation sites is 2. The zero-order chi connectivity index (χ0) is 18.7. The molecule has 1 saturated heterocycles. The van der Waals surface area contributed by atoms with Gasteiger partial charge in [0.2, 0.25) is 5.91 Å². The minimum absolute atomic E-state index is 0.270. The van der Waals surface area contributed by atoms with Crippen LogP contribution in [0, 0.1) is 0 Å². The molecule has 1 fully saturated rings. The van der Waals surface area contributed by atoms with Crippen LogP contribution in [0.5, 0.6) is 0 Å². The third-order valence-electron chi connectivity index (χ3n) is 4.46. The number of carbonyl (C=O) groups is 3. The second-order valence-corrected chi connectivity index (χ2v) is 6.06. The molecule has 1 heterocycles. The maximum Gasteiger partial charge on any atom is 0.332 e. The van der Waals surface area contributed by atoms with E-state index in [-0.39, 0.29) is 18.4 Å². The first-order valence-corrected chi connectivity index (χ1v) is 8.59. The quantitative estimate of drug-likeness (QED) is 0.778. The van der Waals surface area contributed by atoms with Crippen molar-refractivity contribution in [1.82, 2.24) is 4.90 Å². The molecular weight excluding hydrogens is 330 g/mol. The molecule has 0 aromatic heterocycles. The summed E-state index contributed by atoms with van der Waals surface area (Å²) in [5.41, 5.74) is 1.38. The summed E-state index contributed by atoms with van der Waals surface area (Å²) in [6.45, 7) is 3.72. The molecule has 0 unspecified atom stereocenters. The van der Waals surface area contributed by atoms with Crippen molar-refractivity contribution in [1.29, 1.82) is 0 Å². The third-order valence-corrected chi connectivity index (χ3v) is 4.46. The number of hydrogen-bond acceptors (Lipinski definition) is 3. The lowest BCUT2D eigenvalue weighted by atomic mass is 10.2. The number of anilines is 2. The fourth-order valence-electron chi connectivity index (χ4n) is 3.13. The van der Waals surface area contributed by atoms with Gasteiger partial charge in [0.05, 0.1) is 0 Å². The van der Waals surface area contributed by atoms with E-state index in [4.69, 9.17) is 0 Å². The van der Waals surface area contributed by atoms with Crippen molar-refractivity contribution in [2.24, 2.45) is 0 Å². The van der Waals surface area contributed by atoms with E-state index in [9.17, 15) is 14.4 Å². The van der Waals surface area contributed by atoms with E-state index < -0.39 is 12.1 Å². The smallest absolute Gasteiger partial charge is 0.311 e. The summed E-state index contributed by atoms with van der Waals surface area (Å²) in [7, 11) is 0. The largest absolute Gasteiger partial charge is 0.332 e. The van der Waals surface area contributed by atoms with Crippen LogP contribution in [0.4, 0.5) is 16.2 Å². The summed E-state index contributed by atoms with van der Waals surface area (Å²) in [5.74, 6) is -0.654. The number of rotatable bonds is 5. The normalized spacial score (nSPS) is 16.9. The zero-order valence-corrected chi connectivity index (χ0v) is 14.8. The van der Waals surface area contributed by atoms with E-state index in [1.165, 1.54) is 4.90 Å². The highest BCUT2D eigenvalue weighted by atomic mass is 16.2. The predicted octanol–water partition coefficient (Wildman–Crippen LogP) is 2.90. The first-order chi connectivity index (χ1) is 12.5. The van der Waals surface area contributed by atoms with Gasteiger partial charge in [-0.05, 0) is 38.1 Å². The molecule has 1 aliphatic heterocycles. The molecule has 1 aliphatic rings. The standard InChI is InChI=1S/C20H21N3O3/c1-3-21(16-10-6-4-7-11-16)18(24)14-22-19(25)15(2)23(20(22)26)17-12-8-5-9-13-17/h4-13,15H,3,14H2,1-2H3/t15-/m1/s1. The van der Waals surface area contributed by atoms with Gasteiger partial charge in [-0.1, -0.05) is 36.4 Å². The van der Waals surface area contributed by atoms with Gasteiger partial charge in [0.25, 0.3) is 5.91 Å². The van der Waals surface area contributed by atoms with Gasteiger partial charge in [-0.15, -0.1) is 0 Å². The SMILES string of the molecule is CCN(C(=O)CN1C(=O)[C@@H](C)N(c2ccccc2)C1=O)c1ccccc1. The number of urea groups is 1. The number of benzene rings is 2. The van der Waals surface area contributed by atoms with Gasteiger partial charge in [0.1, 0.15) is 12.6 Å². The minimum Gasteiger partial charge on any atom is -0.311 e. The molecule has 0 saturated carbocycles. The van der Waals surface area contributed by atoms with E-state index in [1.807, 2.05) is 55.5 Å². The Morgan fingerprint density at radius 1 is 1.00 bits per heavy atom. The summed E-state index contributed by atoms with van der Waals surface area (Å²) < 4.78 is 0. The molecule has 26 heavy (non-hydrogen) atoms. The zero-order valence-electron chi connectivity index (χ0n) is 14.8. The number of hydrogen-bond donors (Lipinski definition) is 0. The molecule has 0 bridgehead atoms. The Morgan fingerprint density at radius 3 is 2.15 bits per heavy atom. The summed E-state index contributed by atoms with van der Waals surface area (Å²) in [4.78, 5) is 42.1. The van der Waals surface area contributed by atoms with E-state index in [2.05, 4.69) is 0 Å². The fourth-order valence-corrected chi connectivity index (χ4v) is 3.13. The minimum atomic E-state index is -0.635. The molecule has 0 aliphatic carbocycles. The molecular formula is C20H21N3O3. The average Bonchev–Trinajstić information content (AvgIpc) is 2.87. The highest BCUT2D eigenvalue weighted by Gasteiger charge is 2.44. The van der Waals surface area contributed by atoms with Gasteiger partial charge in [-0.25, -0.2) is 4.79 Å². The molecule has 4 amide bonds. The van der Waals surface area contributed by atoms with Gasteiger partial charge in [0.15, 0.2) is 0 Å². The van der Waals surface area contributed by atoms with Crippen molar-refractivity contribution in [2.45, 2.75) is 19.9 Å². The Labute approximate surface area is 152 Å². The molecule has 6 nitrogen and oxygen atoms in total. The lowest BCUT2D eigenvalue weighted by Gasteiger charge is -2.23. The van der Waals surface area contributed by atoms with Crippen molar-refractivity contribution in [2.75, 3.05) is 22.9 Å². The van der Waals surface area contributed by atoms with Gasteiger partial charge in [-0.2, -0.15) is 0 Å². The van der Waals surface area contributed by atoms with Crippen molar-refractivity contribution >= 4 is 29.2 Å². The summed E-state index contributed by atoms with van der Waals surface area (Å²) in [5, 5.41) is 0. The number of carbonyl (C=O) groups excluding carboxylic acids is 3. The Kier molecular flexibility index (Phi) is 5.02. The lowest BCUT2D eigenvalue weighted by molar-refractivity contribution is -0.131. The average molecular weight is 351 g/mol. The molecule has 0 N–H and O–H groups in total. The Morgan fingerprint density at radius 2 is 1.58 bits per heavy atom. The van der Waals surface area contributed by atoms with Crippen molar-refractivity contribution in [3.8, 4) is 0 Å². The van der Waals surface area contributed by atoms with Crippen LogP contribution in [0.3, 0.4) is 0 Å². The van der Waals surface area contributed by atoms with Gasteiger partial charge < -0.3 is 4.90 Å². The van der Waals surface area contributed by atoms with E-state index >= 15 is 0 Å². The Balaban J connectivity index is 1.80. The van der Waals surface area contributed by atoms with Crippen molar-refractivity contribution in [3.63, 3.8) is 0 Å². The van der Waals surface area contributed by atoms with Crippen LogP contribution in [0.1, 0.15) is 13.8 Å². The van der Waals surface area contributed by atoms with Crippen LogP contribution in [0.2, 0.25) is 0 Å².